The van der Waals surface area contributed by atoms with Crippen molar-refractivity contribution in [3.8, 4) is 0 Å². The Morgan fingerprint density at radius 3 is 2.06 bits per heavy atom. The van der Waals surface area contributed by atoms with Gasteiger partial charge in [0.15, 0.2) is 0 Å². The third-order valence-corrected chi connectivity index (χ3v) is 8.52. The number of hydrogen-bond acceptors (Lipinski definition) is 2. The number of halogens is 4. The van der Waals surface area contributed by atoms with E-state index in [1.165, 1.54) is 42.3 Å². The second kappa shape index (κ2) is 15.4. The van der Waals surface area contributed by atoms with Gasteiger partial charge in [0.25, 0.3) is 0 Å². The van der Waals surface area contributed by atoms with Gasteiger partial charge in [-0.25, -0.2) is 0 Å². The largest absolute Gasteiger partial charge is 0.381 e. The Morgan fingerprint density at radius 2 is 1.44 bits per heavy atom. The maximum Gasteiger partial charge on any atom is 0.0563 e. The molecule has 0 unspecified atom stereocenters. The van der Waals surface area contributed by atoms with Gasteiger partial charge in [0, 0.05) is 38.2 Å². The molecule has 2 nitrogen and oxygen atoms in total. The van der Waals surface area contributed by atoms with E-state index in [-0.39, 0.29) is 5.41 Å². The van der Waals surface area contributed by atoms with E-state index < -0.39 is 0 Å². The zero-order valence-corrected chi connectivity index (χ0v) is 27.6. The van der Waals surface area contributed by atoms with Crippen LogP contribution >= 0.6 is 63.7 Å². The van der Waals surface area contributed by atoms with Gasteiger partial charge in [-0.1, -0.05) is 102 Å². The van der Waals surface area contributed by atoms with Crippen molar-refractivity contribution >= 4 is 74.9 Å². The lowest BCUT2D eigenvalue weighted by Gasteiger charge is -2.33. The van der Waals surface area contributed by atoms with Gasteiger partial charge < -0.3 is 9.47 Å². The Balaban J connectivity index is 0.000000166. The van der Waals surface area contributed by atoms with Gasteiger partial charge in [-0.15, -0.1) is 0 Å². The third kappa shape index (κ3) is 7.89. The summed E-state index contributed by atoms with van der Waals surface area (Å²) in [6.45, 7) is 7.86. The van der Waals surface area contributed by atoms with Crippen molar-refractivity contribution in [2.75, 3.05) is 37.1 Å². The van der Waals surface area contributed by atoms with E-state index in [0.717, 1.165) is 69.2 Å². The predicted molar refractivity (Wildman–Crippen MR) is 169 cm³/mol. The lowest BCUT2D eigenvalue weighted by atomic mass is 9.76. The van der Waals surface area contributed by atoms with Crippen molar-refractivity contribution in [3.63, 3.8) is 0 Å². The SMILES string of the molecule is BrCCOCCBr.CCC1=CC2(CCOCC2)c2ccc(Br)cc21.CCC1=CCc2ccc(Br)cc21. The maximum absolute atomic E-state index is 5.53. The Hall–Kier alpha value is -0.240. The van der Waals surface area contributed by atoms with Crippen molar-refractivity contribution in [3.05, 3.63) is 79.7 Å². The maximum atomic E-state index is 5.53. The molecule has 1 heterocycles. The summed E-state index contributed by atoms with van der Waals surface area (Å²) in [5.41, 5.74) is 9.13. The monoisotopic (exact) mass is 744 g/mol. The fraction of sp³-hybridized carbons (Fsp3) is 0.467. The zero-order chi connectivity index (χ0) is 26.0. The Labute approximate surface area is 250 Å². The number of benzene rings is 2. The summed E-state index contributed by atoms with van der Waals surface area (Å²) in [4.78, 5) is 0. The molecule has 36 heavy (non-hydrogen) atoms. The van der Waals surface area contributed by atoms with Gasteiger partial charge in [-0.2, -0.15) is 0 Å². The summed E-state index contributed by atoms with van der Waals surface area (Å²) in [5, 5.41) is 1.86. The highest BCUT2D eigenvalue weighted by Gasteiger charge is 2.38. The average Bonchev–Trinajstić information content (AvgIpc) is 3.43. The topological polar surface area (TPSA) is 18.5 Å². The van der Waals surface area contributed by atoms with Crippen molar-refractivity contribution in [2.45, 2.75) is 51.4 Å². The van der Waals surface area contributed by atoms with Gasteiger partial charge in [0.1, 0.15) is 0 Å². The molecule has 0 aromatic heterocycles. The third-order valence-electron chi connectivity index (χ3n) is 6.89. The molecule has 6 heteroatoms. The van der Waals surface area contributed by atoms with Crippen LogP contribution < -0.4 is 0 Å². The summed E-state index contributed by atoms with van der Waals surface area (Å²) in [6.07, 6.45) is 10.5. The van der Waals surface area contributed by atoms with E-state index in [0.29, 0.717) is 0 Å². The van der Waals surface area contributed by atoms with Crippen molar-refractivity contribution in [1.29, 1.82) is 0 Å². The van der Waals surface area contributed by atoms with Crippen LogP contribution in [0.2, 0.25) is 0 Å². The molecule has 0 N–H and O–H groups in total. The molecule has 1 aliphatic heterocycles. The van der Waals surface area contributed by atoms with Crippen LogP contribution in [0, 0.1) is 0 Å². The molecule has 2 aromatic carbocycles. The summed E-state index contributed by atoms with van der Waals surface area (Å²) in [7, 11) is 0. The number of rotatable bonds is 6. The number of fused-ring (bicyclic) bond motifs is 3. The molecule has 5 rings (SSSR count). The second-order valence-corrected chi connectivity index (χ2v) is 12.5. The standard InChI is InChI=1S/C15H17BrO.C11H11Br.C4H8Br2O/c1-2-11-10-15(5-7-17-8-6-15)14-4-3-12(16)9-13(11)14;1-2-8-3-4-9-5-6-10(12)7-11(8)9;5-1-3-7-4-2-6/h3-4,9-10H,2,5-8H2,1H3;3,5-7H,2,4H2,1H3;1-4H2. The van der Waals surface area contributed by atoms with Crippen LogP contribution in [-0.2, 0) is 21.3 Å². The number of ether oxygens (including phenoxy) is 2. The van der Waals surface area contributed by atoms with E-state index in [1.807, 2.05) is 0 Å². The molecule has 0 radical (unpaired) electrons. The normalized spacial score (nSPS) is 16.7. The highest BCUT2D eigenvalue weighted by Crippen LogP contribution is 2.48. The minimum absolute atomic E-state index is 0.264. The van der Waals surface area contributed by atoms with Gasteiger partial charge >= 0.3 is 0 Å². The molecule has 0 atom stereocenters. The molecule has 3 aliphatic rings. The van der Waals surface area contributed by atoms with Crippen molar-refractivity contribution < 1.29 is 9.47 Å². The van der Waals surface area contributed by atoms with Crippen LogP contribution in [0.15, 0.2) is 57.5 Å². The van der Waals surface area contributed by atoms with Crippen LogP contribution in [-0.4, -0.2) is 37.1 Å². The van der Waals surface area contributed by atoms with Gasteiger partial charge in [0.2, 0.25) is 0 Å². The Bertz CT molecular complexity index is 1050. The highest BCUT2D eigenvalue weighted by atomic mass is 79.9. The molecule has 2 aliphatic carbocycles. The first kappa shape index (κ1) is 30.3. The zero-order valence-electron chi connectivity index (χ0n) is 21.2. The summed E-state index contributed by atoms with van der Waals surface area (Å²) >= 11 is 13.6. The molecular formula is C30H36Br4O2. The summed E-state index contributed by atoms with van der Waals surface area (Å²) < 4.78 is 12.9. The van der Waals surface area contributed by atoms with E-state index >= 15 is 0 Å². The molecule has 1 saturated heterocycles. The van der Waals surface area contributed by atoms with Gasteiger partial charge in [0.05, 0.1) is 13.2 Å². The average molecular weight is 748 g/mol. The summed E-state index contributed by atoms with van der Waals surface area (Å²) in [5.74, 6) is 0. The first-order valence-electron chi connectivity index (χ1n) is 12.7. The number of allylic oxidation sites excluding steroid dienone is 4. The highest BCUT2D eigenvalue weighted by molar-refractivity contribution is 9.11. The number of hydrogen-bond donors (Lipinski definition) is 0. The van der Waals surface area contributed by atoms with Crippen molar-refractivity contribution in [1.82, 2.24) is 0 Å². The predicted octanol–water partition coefficient (Wildman–Crippen LogP) is 9.90. The molecule has 0 saturated carbocycles. The van der Waals surface area contributed by atoms with Crippen LogP contribution in [0.25, 0.3) is 11.1 Å². The minimum Gasteiger partial charge on any atom is -0.381 e. The smallest absolute Gasteiger partial charge is 0.0563 e. The summed E-state index contributed by atoms with van der Waals surface area (Å²) in [6, 6.07) is 13.3. The molecule has 2 aromatic rings. The minimum atomic E-state index is 0.264. The van der Waals surface area contributed by atoms with Crippen LogP contribution in [0.1, 0.15) is 61.8 Å². The fourth-order valence-corrected chi connectivity index (χ4v) is 6.24. The molecule has 196 valence electrons. The van der Waals surface area contributed by atoms with E-state index in [1.54, 1.807) is 0 Å². The molecule has 0 amide bonds. The molecular weight excluding hydrogens is 712 g/mol. The van der Waals surface area contributed by atoms with E-state index in [9.17, 15) is 0 Å². The van der Waals surface area contributed by atoms with E-state index in [2.05, 4.69) is 126 Å². The van der Waals surface area contributed by atoms with Crippen molar-refractivity contribution in [2.24, 2.45) is 0 Å². The lowest BCUT2D eigenvalue weighted by molar-refractivity contribution is 0.0662. The van der Waals surface area contributed by atoms with E-state index in [4.69, 9.17) is 9.47 Å². The Kier molecular flexibility index (Phi) is 12.9. The first-order chi connectivity index (χ1) is 17.5. The van der Waals surface area contributed by atoms with Crippen LogP contribution in [0.4, 0.5) is 0 Å². The second-order valence-electron chi connectivity index (χ2n) is 9.06. The molecule has 1 fully saturated rings. The quantitative estimate of drug-likeness (QED) is 0.217. The number of alkyl halides is 2. The first-order valence-corrected chi connectivity index (χ1v) is 16.6. The fourth-order valence-electron chi connectivity index (χ4n) is 5.06. The Morgan fingerprint density at radius 1 is 0.833 bits per heavy atom. The van der Waals surface area contributed by atoms with Crippen LogP contribution in [0.3, 0.4) is 0 Å². The van der Waals surface area contributed by atoms with Gasteiger partial charge in [-0.05, 0) is 89.8 Å². The van der Waals surface area contributed by atoms with Crippen LogP contribution in [0.5, 0.6) is 0 Å². The lowest BCUT2D eigenvalue weighted by Crippen LogP contribution is -2.30. The molecule has 1 spiro atoms. The van der Waals surface area contributed by atoms with Gasteiger partial charge in [-0.3, -0.25) is 0 Å². The molecule has 0 bridgehead atoms.